The number of aliphatic hydroxyl groups excluding tert-OH is 1. The predicted octanol–water partition coefficient (Wildman–Crippen LogP) is 2.23. The minimum atomic E-state index is -0.571. The average molecular weight is 273 g/mol. The lowest BCUT2D eigenvalue weighted by molar-refractivity contribution is -0.0251. The van der Waals surface area contributed by atoms with E-state index in [2.05, 4.69) is 6.92 Å². The van der Waals surface area contributed by atoms with Gasteiger partial charge in [-0.05, 0) is 6.42 Å². The molecule has 3 N–H and O–H groups in total. The van der Waals surface area contributed by atoms with E-state index in [4.69, 9.17) is 15.2 Å². The third-order valence-corrected chi connectivity index (χ3v) is 3.75. The lowest BCUT2D eigenvalue weighted by Gasteiger charge is -2.15. The van der Waals surface area contributed by atoms with Gasteiger partial charge in [-0.3, -0.25) is 0 Å². The van der Waals surface area contributed by atoms with E-state index in [-0.39, 0.29) is 12.1 Å². The number of rotatable bonds is 11. The Morgan fingerprint density at radius 2 is 1.74 bits per heavy atom. The molecule has 4 nitrogen and oxygen atoms in total. The lowest BCUT2D eigenvalue weighted by Crippen LogP contribution is -2.38. The standard InChI is InChI=1S/C15H31NO3/c1-2-3-4-5-6-7-8-9-10-18-12-14-15(17)13(16)11-19-14/h13-15,17H,2-12,16H2,1H3/t13-,14-,15-/m0/s1. The molecule has 19 heavy (non-hydrogen) atoms. The first-order valence-corrected chi connectivity index (χ1v) is 7.88. The fourth-order valence-electron chi connectivity index (χ4n) is 2.39. The zero-order valence-electron chi connectivity index (χ0n) is 12.4. The Bertz CT molecular complexity index is 214. The Kier molecular flexibility index (Phi) is 9.43. The van der Waals surface area contributed by atoms with Crippen molar-refractivity contribution in [3.63, 3.8) is 0 Å². The van der Waals surface area contributed by atoms with Gasteiger partial charge >= 0.3 is 0 Å². The van der Waals surface area contributed by atoms with Gasteiger partial charge in [0.15, 0.2) is 0 Å². The Labute approximate surface area is 117 Å². The molecule has 1 rings (SSSR count). The van der Waals surface area contributed by atoms with Gasteiger partial charge in [0.2, 0.25) is 0 Å². The van der Waals surface area contributed by atoms with Gasteiger partial charge in [0.25, 0.3) is 0 Å². The highest BCUT2D eigenvalue weighted by Gasteiger charge is 2.33. The minimum Gasteiger partial charge on any atom is -0.389 e. The summed E-state index contributed by atoms with van der Waals surface area (Å²) < 4.78 is 10.9. The number of aliphatic hydroxyl groups is 1. The largest absolute Gasteiger partial charge is 0.389 e. The maximum absolute atomic E-state index is 9.67. The van der Waals surface area contributed by atoms with Gasteiger partial charge in [-0.15, -0.1) is 0 Å². The van der Waals surface area contributed by atoms with Gasteiger partial charge in [-0.1, -0.05) is 51.9 Å². The summed E-state index contributed by atoms with van der Waals surface area (Å²) in [5, 5.41) is 9.67. The van der Waals surface area contributed by atoms with E-state index in [1.807, 2.05) is 0 Å². The molecule has 0 saturated carbocycles. The molecule has 4 heteroatoms. The quantitative estimate of drug-likeness (QED) is 0.567. The number of nitrogens with two attached hydrogens (primary N) is 1. The maximum Gasteiger partial charge on any atom is 0.108 e. The van der Waals surface area contributed by atoms with Crippen LogP contribution >= 0.6 is 0 Å². The molecule has 0 spiro atoms. The predicted molar refractivity (Wildman–Crippen MR) is 77.2 cm³/mol. The topological polar surface area (TPSA) is 64.7 Å². The van der Waals surface area contributed by atoms with Gasteiger partial charge in [0.05, 0.1) is 25.4 Å². The zero-order chi connectivity index (χ0) is 13.9. The van der Waals surface area contributed by atoms with Crippen molar-refractivity contribution in [2.75, 3.05) is 19.8 Å². The van der Waals surface area contributed by atoms with E-state index in [1.54, 1.807) is 0 Å². The van der Waals surface area contributed by atoms with Crippen LogP contribution in [0.4, 0.5) is 0 Å². The molecule has 114 valence electrons. The first-order chi connectivity index (χ1) is 9.25. The zero-order valence-corrected chi connectivity index (χ0v) is 12.4. The highest BCUT2D eigenvalue weighted by atomic mass is 16.5. The van der Waals surface area contributed by atoms with Crippen LogP contribution in [0.2, 0.25) is 0 Å². The van der Waals surface area contributed by atoms with Gasteiger partial charge in [-0.2, -0.15) is 0 Å². The van der Waals surface area contributed by atoms with Crippen molar-refractivity contribution in [1.29, 1.82) is 0 Å². The van der Waals surface area contributed by atoms with Crippen molar-refractivity contribution < 1.29 is 14.6 Å². The molecule has 1 heterocycles. The van der Waals surface area contributed by atoms with Crippen LogP contribution in [0, 0.1) is 0 Å². The number of hydrogen-bond donors (Lipinski definition) is 2. The molecule has 0 radical (unpaired) electrons. The molecular weight excluding hydrogens is 242 g/mol. The molecular formula is C15H31NO3. The van der Waals surface area contributed by atoms with Crippen molar-refractivity contribution in [3.05, 3.63) is 0 Å². The molecule has 1 saturated heterocycles. The van der Waals surface area contributed by atoms with Gasteiger partial charge < -0.3 is 20.3 Å². The monoisotopic (exact) mass is 273 g/mol. The molecule has 0 aromatic heterocycles. The van der Waals surface area contributed by atoms with E-state index in [0.29, 0.717) is 13.2 Å². The maximum atomic E-state index is 9.67. The van der Waals surface area contributed by atoms with Crippen LogP contribution in [0.3, 0.4) is 0 Å². The fraction of sp³-hybridized carbons (Fsp3) is 1.00. The molecule has 0 bridgehead atoms. The van der Waals surface area contributed by atoms with Gasteiger partial charge in [0.1, 0.15) is 6.10 Å². The highest BCUT2D eigenvalue weighted by Crippen LogP contribution is 2.13. The van der Waals surface area contributed by atoms with Crippen LogP contribution in [-0.2, 0) is 9.47 Å². The molecule has 0 aromatic carbocycles. The number of hydrogen-bond acceptors (Lipinski definition) is 4. The van der Waals surface area contributed by atoms with Crippen LogP contribution < -0.4 is 5.73 Å². The van der Waals surface area contributed by atoms with Crippen LogP contribution in [0.25, 0.3) is 0 Å². The first kappa shape index (κ1) is 16.9. The molecule has 3 atom stereocenters. The summed E-state index contributed by atoms with van der Waals surface area (Å²) in [4.78, 5) is 0. The summed E-state index contributed by atoms with van der Waals surface area (Å²) in [5.74, 6) is 0. The number of ether oxygens (including phenoxy) is 2. The van der Waals surface area contributed by atoms with E-state index >= 15 is 0 Å². The smallest absolute Gasteiger partial charge is 0.108 e. The molecule has 0 aliphatic carbocycles. The van der Waals surface area contributed by atoms with Crippen molar-refractivity contribution in [2.24, 2.45) is 5.73 Å². The molecule has 0 unspecified atom stereocenters. The van der Waals surface area contributed by atoms with Gasteiger partial charge in [-0.25, -0.2) is 0 Å². The molecule has 0 aromatic rings. The van der Waals surface area contributed by atoms with E-state index in [0.717, 1.165) is 13.0 Å². The Morgan fingerprint density at radius 3 is 2.32 bits per heavy atom. The molecule has 1 aliphatic rings. The highest BCUT2D eigenvalue weighted by molar-refractivity contribution is 4.85. The van der Waals surface area contributed by atoms with Crippen molar-refractivity contribution in [2.45, 2.75) is 76.5 Å². The summed E-state index contributed by atoms with van der Waals surface area (Å²) in [6.07, 6.45) is 9.62. The Hall–Kier alpha value is -0.160. The van der Waals surface area contributed by atoms with E-state index < -0.39 is 6.10 Å². The summed E-state index contributed by atoms with van der Waals surface area (Å²) in [6, 6.07) is -0.253. The minimum absolute atomic E-state index is 0.232. The molecule has 1 aliphatic heterocycles. The van der Waals surface area contributed by atoms with Crippen molar-refractivity contribution in [1.82, 2.24) is 0 Å². The number of unbranched alkanes of at least 4 members (excludes halogenated alkanes) is 7. The van der Waals surface area contributed by atoms with Crippen LogP contribution in [0.1, 0.15) is 58.3 Å². The molecule has 0 amide bonds. The second-order valence-corrected chi connectivity index (χ2v) is 5.58. The summed E-state index contributed by atoms with van der Waals surface area (Å²) in [7, 11) is 0. The van der Waals surface area contributed by atoms with Crippen LogP contribution in [0.5, 0.6) is 0 Å². The Morgan fingerprint density at radius 1 is 1.11 bits per heavy atom. The molecule has 1 fully saturated rings. The van der Waals surface area contributed by atoms with Crippen LogP contribution in [-0.4, -0.2) is 43.2 Å². The normalized spacial score (nSPS) is 27.0. The SMILES string of the molecule is CCCCCCCCCCOC[C@@H]1OC[C@H](N)[C@@H]1O. The van der Waals surface area contributed by atoms with Gasteiger partial charge in [0, 0.05) is 6.61 Å². The van der Waals surface area contributed by atoms with Crippen molar-refractivity contribution >= 4 is 0 Å². The van der Waals surface area contributed by atoms with E-state index in [9.17, 15) is 5.11 Å². The summed E-state index contributed by atoms with van der Waals surface area (Å²) >= 11 is 0. The van der Waals surface area contributed by atoms with Crippen molar-refractivity contribution in [3.8, 4) is 0 Å². The Balaban J connectivity index is 1.81. The first-order valence-electron chi connectivity index (χ1n) is 7.88. The second-order valence-electron chi connectivity index (χ2n) is 5.58. The third kappa shape index (κ3) is 7.25. The lowest BCUT2D eigenvalue weighted by atomic mass is 10.1. The van der Waals surface area contributed by atoms with E-state index in [1.165, 1.54) is 44.9 Å². The summed E-state index contributed by atoms with van der Waals surface area (Å²) in [6.45, 7) is 3.91. The average Bonchev–Trinajstić information content (AvgIpc) is 2.73. The van der Waals surface area contributed by atoms with Crippen LogP contribution in [0.15, 0.2) is 0 Å². The third-order valence-electron chi connectivity index (χ3n) is 3.75. The second kappa shape index (κ2) is 10.6. The summed E-state index contributed by atoms with van der Waals surface area (Å²) in [5.41, 5.74) is 5.66. The fourth-order valence-corrected chi connectivity index (χ4v) is 2.39.